The van der Waals surface area contributed by atoms with Crippen LogP contribution in [0.15, 0.2) is 22.9 Å². The van der Waals surface area contributed by atoms with Gasteiger partial charge in [0.15, 0.2) is 5.13 Å². The molecule has 0 aromatic carbocycles. The minimum absolute atomic E-state index is 0.170. The Hall–Kier alpha value is -1.20. The van der Waals surface area contributed by atoms with E-state index < -0.39 is 0 Å². The van der Waals surface area contributed by atoms with Crippen LogP contribution in [0.4, 0.5) is 5.13 Å². The van der Waals surface area contributed by atoms with Gasteiger partial charge in [0.1, 0.15) is 0 Å². The van der Waals surface area contributed by atoms with Crippen molar-refractivity contribution < 1.29 is 4.79 Å². The lowest BCUT2D eigenvalue weighted by molar-refractivity contribution is -0.124. The first kappa shape index (κ1) is 15.1. The predicted octanol–water partition coefficient (Wildman–Crippen LogP) is 5.42. The highest BCUT2D eigenvalue weighted by Gasteiger charge is 2.51. The molecule has 0 saturated heterocycles. The van der Waals surface area contributed by atoms with Crippen molar-refractivity contribution in [3.63, 3.8) is 0 Å². The monoisotopic (exact) mass is 358 g/mol. The molecule has 3 nitrogen and oxygen atoms in total. The predicted molar refractivity (Wildman–Crippen MR) is 99.3 cm³/mol. The van der Waals surface area contributed by atoms with Gasteiger partial charge in [-0.25, -0.2) is 4.98 Å². The van der Waals surface area contributed by atoms with Crippen molar-refractivity contribution in [2.45, 2.75) is 44.9 Å². The van der Waals surface area contributed by atoms with E-state index in [0.29, 0.717) is 11.8 Å². The maximum atomic E-state index is 12.7. The van der Waals surface area contributed by atoms with Crippen LogP contribution in [0.1, 0.15) is 44.9 Å². The fraction of sp³-hybridized carbons (Fsp3) is 0.579. The molecule has 4 fully saturated rings. The van der Waals surface area contributed by atoms with Crippen LogP contribution in [-0.2, 0) is 4.79 Å². The summed E-state index contributed by atoms with van der Waals surface area (Å²) in [4.78, 5) is 18.4. The van der Waals surface area contributed by atoms with Crippen molar-refractivity contribution in [3.05, 3.63) is 22.9 Å². The van der Waals surface area contributed by atoms with E-state index in [2.05, 4.69) is 21.7 Å². The quantitative estimate of drug-likeness (QED) is 0.793. The first-order valence-corrected chi connectivity index (χ1v) is 10.7. The lowest BCUT2D eigenvalue weighted by atomic mass is 9.49. The van der Waals surface area contributed by atoms with Crippen LogP contribution in [0.5, 0.6) is 0 Å². The second kappa shape index (κ2) is 5.67. The highest BCUT2D eigenvalue weighted by molar-refractivity contribution is 7.16. The minimum Gasteiger partial charge on any atom is -0.302 e. The topological polar surface area (TPSA) is 42.0 Å². The number of carbonyl (C=O) groups is 1. The molecule has 4 saturated carbocycles. The highest BCUT2D eigenvalue weighted by atomic mass is 32.1. The van der Waals surface area contributed by atoms with Gasteiger partial charge in [0.05, 0.1) is 10.6 Å². The van der Waals surface area contributed by atoms with E-state index in [1.54, 1.807) is 11.3 Å². The molecule has 4 bridgehead atoms. The van der Waals surface area contributed by atoms with Gasteiger partial charge >= 0.3 is 0 Å². The number of rotatable bonds is 4. The molecule has 2 aromatic heterocycles. The fourth-order valence-electron chi connectivity index (χ4n) is 5.88. The van der Waals surface area contributed by atoms with Gasteiger partial charge in [-0.1, -0.05) is 6.07 Å². The van der Waals surface area contributed by atoms with Crippen molar-refractivity contribution in [2.75, 3.05) is 5.32 Å². The SMILES string of the molecule is O=C(CC12CC3CC(CC(C3)C1)C2)Nc1nc(-c2cccs2)cs1. The van der Waals surface area contributed by atoms with E-state index in [0.717, 1.165) is 33.5 Å². The summed E-state index contributed by atoms with van der Waals surface area (Å²) in [6, 6.07) is 4.10. The number of aromatic nitrogens is 1. The van der Waals surface area contributed by atoms with Crippen molar-refractivity contribution in [3.8, 4) is 10.6 Å². The molecule has 0 spiro atoms. The summed E-state index contributed by atoms with van der Waals surface area (Å²) in [5, 5.41) is 7.91. The number of nitrogens with zero attached hydrogens (tertiary/aromatic N) is 1. The number of anilines is 1. The average Bonchev–Trinajstić information content (AvgIpc) is 3.15. The number of thiazole rings is 1. The van der Waals surface area contributed by atoms with Gasteiger partial charge in [0, 0.05) is 11.8 Å². The highest BCUT2D eigenvalue weighted by Crippen LogP contribution is 2.61. The normalized spacial score (nSPS) is 33.8. The summed E-state index contributed by atoms with van der Waals surface area (Å²) in [5.41, 5.74) is 1.27. The molecule has 0 radical (unpaired) electrons. The largest absolute Gasteiger partial charge is 0.302 e. The van der Waals surface area contributed by atoms with E-state index in [1.165, 1.54) is 49.9 Å². The molecule has 1 N–H and O–H groups in total. The van der Waals surface area contributed by atoms with Crippen LogP contribution < -0.4 is 5.32 Å². The molecule has 0 aliphatic heterocycles. The molecule has 6 rings (SSSR count). The summed E-state index contributed by atoms with van der Waals surface area (Å²) in [5.74, 6) is 2.86. The summed E-state index contributed by atoms with van der Waals surface area (Å²) >= 11 is 3.22. The molecule has 0 atom stereocenters. The fourth-order valence-corrected chi connectivity index (χ4v) is 7.37. The molecular formula is C19H22N2OS2. The number of hydrogen-bond donors (Lipinski definition) is 1. The van der Waals surface area contributed by atoms with Crippen LogP contribution >= 0.6 is 22.7 Å². The average molecular weight is 359 g/mol. The molecule has 126 valence electrons. The maximum Gasteiger partial charge on any atom is 0.226 e. The first-order valence-electron chi connectivity index (χ1n) is 8.97. The third-order valence-electron chi connectivity index (χ3n) is 6.22. The third kappa shape index (κ3) is 2.72. The van der Waals surface area contributed by atoms with Gasteiger partial charge in [-0.3, -0.25) is 4.79 Å². The Morgan fingerprint density at radius 1 is 1.17 bits per heavy atom. The first-order chi connectivity index (χ1) is 11.7. The van der Waals surface area contributed by atoms with E-state index in [-0.39, 0.29) is 5.91 Å². The lowest BCUT2D eigenvalue weighted by Gasteiger charge is -2.56. The van der Waals surface area contributed by atoms with Crippen LogP contribution in [0.2, 0.25) is 0 Å². The molecule has 4 aliphatic rings. The van der Waals surface area contributed by atoms with Gasteiger partial charge in [0.2, 0.25) is 5.91 Å². The van der Waals surface area contributed by atoms with Gasteiger partial charge in [-0.2, -0.15) is 0 Å². The maximum absolute atomic E-state index is 12.7. The molecular weight excluding hydrogens is 336 g/mol. The standard InChI is InChI=1S/C19H22N2OS2/c22-17(21-18-20-15(11-24-18)16-2-1-3-23-16)10-19-7-12-4-13(8-19)6-14(5-12)9-19/h1-3,11-14H,4-10H2,(H,20,21,22). The summed E-state index contributed by atoms with van der Waals surface area (Å²) in [7, 11) is 0. The molecule has 1 amide bonds. The van der Waals surface area contributed by atoms with E-state index in [9.17, 15) is 4.79 Å². The van der Waals surface area contributed by atoms with E-state index >= 15 is 0 Å². The number of hydrogen-bond acceptors (Lipinski definition) is 4. The number of amides is 1. The van der Waals surface area contributed by atoms with Crippen LogP contribution in [0.3, 0.4) is 0 Å². The zero-order chi connectivity index (χ0) is 16.1. The van der Waals surface area contributed by atoms with E-state index in [1.807, 2.05) is 11.4 Å². The molecule has 24 heavy (non-hydrogen) atoms. The van der Waals surface area contributed by atoms with Crippen molar-refractivity contribution in [1.29, 1.82) is 0 Å². The zero-order valence-electron chi connectivity index (χ0n) is 13.7. The number of thiophene rings is 1. The third-order valence-corrected chi connectivity index (χ3v) is 7.87. The van der Waals surface area contributed by atoms with Crippen molar-refractivity contribution >= 4 is 33.7 Å². The molecule has 2 aromatic rings. The van der Waals surface area contributed by atoms with Crippen molar-refractivity contribution in [2.24, 2.45) is 23.2 Å². The summed E-state index contributed by atoms with van der Waals surface area (Å²) in [6.45, 7) is 0. The Balaban J connectivity index is 1.26. The smallest absolute Gasteiger partial charge is 0.226 e. The molecule has 2 heterocycles. The minimum atomic E-state index is 0.170. The van der Waals surface area contributed by atoms with Gasteiger partial charge in [-0.05, 0) is 73.1 Å². The number of nitrogens with one attached hydrogen (secondary N) is 1. The molecule has 5 heteroatoms. The summed E-state index contributed by atoms with van der Waals surface area (Å²) in [6.07, 6.45) is 8.83. The van der Waals surface area contributed by atoms with Gasteiger partial charge in [0.25, 0.3) is 0 Å². The Morgan fingerprint density at radius 2 is 1.88 bits per heavy atom. The van der Waals surface area contributed by atoms with E-state index in [4.69, 9.17) is 0 Å². The van der Waals surface area contributed by atoms with Crippen LogP contribution in [0, 0.1) is 23.2 Å². The summed E-state index contributed by atoms with van der Waals surface area (Å²) < 4.78 is 0. The Bertz CT molecular complexity index is 714. The number of carbonyl (C=O) groups excluding carboxylic acids is 1. The van der Waals surface area contributed by atoms with Gasteiger partial charge < -0.3 is 5.32 Å². The Labute approximate surface area is 150 Å². The Morgan fingerprint density at radius 3 is 2.50 bits per heavy atom. The van der Waals surface area contributed by atoms with Crippen LogP contribution in [-0.4, -0.2) is 10.9 Å². The van der Waals surface area contributed by atoms with Crippen LogP contribution in [0.25, 0.3) is 10.6 Å². The van der Waals surface area contributed by atoms with Crippen molar-refractivity contribution in [1.82, 2.24) is 4.98 Å². The second-order valence-corrected chi connectivity index (χ2v) is 9.96. The lowest BCUT2D eigenvalue weighted by Crippen LogP contribution is -2.47. The molecule has 0 unspecified atom stereocenters. The molecule has 4 aliphatic carbocycles. The Kier molecular flexibility index (Phi) is 3.56. The zero-order valence-corrected chi connectivity index (χ0v) is 15.3. The second-order valence-electron chi connectivity index (χ2n) is 8.16. The van der Waals surface area contributed by atoms with Gasteiger partial charge in [-0.15, -0.1) is 22.7 Å².